The summed E-state index contributed by atoms with van der Waals surface area (Å²) in [5, 5.41) is 9.85. The van der Waals surface area contributed by atoms with Crippen LogP contribution in [-0.4, -0.2) is 5.11 Å². The van der Waals surface area contributed by atoms with E-state index in [1.807, 2.05) is 36.4 Å². The second-order valence-corrected chi connectivity index (χ2v) is 3.26. The van der Waals surface area contributed by atoms with Crippen molar-refractivity contribution in [1.82, 2.24) is 0 Å². The van der Waals surface area contributed by atoms with Gasteiger partial charge in [0.05, 0.1) is 18.6 Å². The van der Waals surface area contributed by atoms with Crippen LogP contribution in [0, 0.1) is 0 Å². The Kier molecular flexibility index (Phi) is 2.65. The van der Waals surface area contributed by atoms with E-state index in [1.54, 1.807) is 12.5 Å². The monoisotopic (exact) mass is 188 g/mol. The van der Waals surface area contributed by atoms with Crippen LogP contribution in [-0.2, 0) is 6.42 Å². The quantitative estimate of drug-likeness (QED) is 0.803. The molecule has 2 heteroatoms. The van der Waals surface area contributed by atoms with E-state index in [0.29, 0.717) is 6.42 Å². The SMILES string of the molecule is O[C@@H](Cc1ccoc1)c1ccccc1. The first-order chi connectivity index (χ1) is 6.86. The average molecular weight is 188 g/mol. The molecule has 0 unspecified atom stereocenters. The minimum atomic E-state index is -0.450. The van der Waals surface area contributed by atoms with Gasteiger partial charge in [-0.25, -0.2) is 0 Å². The number of aliphatic hydroxyl groups is 1. The number of rotatable bonds is 3. The predicted octanol–water partition coefficient (Wildman–Crippen LogP) is 2.56. The van der Waals surface area contributed by atoms with E-state index < -0.39 is 6.10 Å². The van der Waals surface area contributed by atoms with Gasteiger partial charge in [0.15, 0.2) is 0 Å². The molecule has 0 bridgehead atoms. The van der Waals surface area contributed by atoms with Crippen LogP contribution in [0.5, 0.6) is 0 Å². The minimum Gasteiger partial charge on any atom is -0.472 e. The molecule has 0 aliphatic carbocycles. The van der Waals surface area contributed by atoms with Crippen molar-refractivity contribution in [3.8, 4) is 0 Å². The zero-order chi connectivity index (χ0) is 9.80. The van der Waals surface area contributed by atoms with Crippen LogP contribution in [0.1, 0.15) is 17.2 Å². The molecule has 0 aliphatic heterocycles. The van der Waals surface area contributed by atoms with Crippen molar-refractivity contribution in [3.63, 3.8) is 0 Å². The van der Waals surface area contributed by atoms with Crippen molar-refractivity contribution in [2.45, 2.75) is 12.5 Å². The summed E-state index contributed by atoms with van der Waals surface area (Å²) >= 11 is 0. The highest BCUT2D eigenvalue weighted by Gasteiger charge is 2.07. The van der Waals surface area contributed by atoms with E-state index >= 15 is 0 Å². The first-order valence-corrected chi connectivity index (χ1v) is 4.60. The van der Waals surface area contributed by atoms with Crippen molar-refractivity contribution in [2.75, 3.05) is 0 Å². The standard InChI is InChI=1S/C12H12O2/c13-12(8-10-6-7-14-9-10)11-4-2-1-3-5-11/h1-7,9,12-13H,8H2/t12-/m0/s1. The fraction of sp³-hybridized carbons (Fsp3) is 0.167. The van der Waals surface area contributed by atoms with E-state index in [4.69, 9.17) is 4.42 Å². The highest BCUT2D eigenvalue weighted by atomic mass is 16.3. The van der Waals surface area contributed by atoms with Crippen molar-refractivity contribution < 1.29 is 9.52 Å². The largest absolute Gasteiger partial charge is 0.472 e. The molecule has 0 spiro atoms. The van der Waals surface area contributed by atoms with Crippen molar-refractivity contribution >= 4 is 0 Å². The predicted molar refractivity (Wildman–Crippen MR) is 53.8 cm³/mol. The molecular weight excluding hydrogens is 176 g/mol. The van der Waals surface area contributed by atoms with Gasteiger partial charge in [-0.3, -0.25) is 0 Å². The third kappa shape index (κ3) is 2.03. The van der Waals surface area contributed by atoms with Crippen LogP contribution in [0.3, 0.4) is 0 Å². The first-order valence-electron chi connectivity index (χ1n) is 4.60. The molecule has 2 nitrogen and oxygen atoms in total. The highest BCUT2D eigenvalue weighted by Crippen LogP contribution is 2.17. The van der Waals surface area contributed by atoms with Gasteiger partial charge in [0.1, 0.15) is 0 Å². The van der Waals surface area contributed by atoms with Gasteiger partial charge in [-0.1, -0.05) is 30.3 Å². The Morgan fingerprint density at radius 3 is 2.57 bits per heavy atom. The van der Waals surface area contributed by atoms with Gasteiger partial charge in [-0.15, -0.1) is 0 Å². The molecule has 2 rings (SSSR count). The molecule has 1 aromatic carbocycles. The lowest BCUT2D eigenvalue weighted by Gasteiger charge is -2.08. The Balaban J connectivity index is 2.07. The summed E-state index contributed by atoms with van der Waals surface area (Å²) < 4.78 is 4.94. The summed E-state index contributed by atoms with van der Waals surface area (Å²) in [7, 11) is 0. The van der Waals surface area contributed by atoms with Gasteiger partial charge in [-0.05, 0) is 17.2 Å². The molecule has 0 saturated heterocycles. The van der Waals surface area contributed by atoms with Crippen LogP contribution < -0.4 is 0 Å². The van der Waals surface area contributed by atoms with Gasteiger partial charge < -0.3 is 9.52 Å². The highest BCUT2D eigenvalue weighted by molar-refractivity contribution is 5.20. The Morgan fingerprint density at radius 2 is 1.93 bits per heavy atom. The van der Waals surface area contributed by atoms with E-state index in [9.17, 15) is 5.11 Å². The molecule has 72 valence electrons. The fourth-order valence-corrected chi connectivity index (χ4v) is 1.43. The van der Waals surface area contributed by atoms with E-state index in [1.165, 1.54) is 0 Å². The van der Waals surface area contributed by atoms with Crippen LogP contribution >= 0.6 is 0 Å². The molecule has 0 aliphatic rings. The first kappa shape index (κ1) is 9.03. The zero-order valence-electron chi connectivity index (χ0n) is 7.76. The third-order valence-corrected chi connectivity index (χ3v) is 2.19. The smallest absolute Gasteiger partial charge is 0.0935 e. The number of aliphatic hydroxyl groups excluding tert-OH is 1. The Bertz CT molecular complexity index is 364. The molecule has 1 heterocycles. The zero-order valence-corrected chi connectivity index (χ0v) is 7.76. The summed E-state index contributed by atoms with van der Waals surface area (Å²) in [4.78, 5) is 0. The Morgan fingerprint density at radius 1 is 1.14 bits per heavy atom. The molecule has 2 aromatic rings. The fourth-order valence-electron chi connectivity index (χ4n) is 1.43. The van der Waals surface area contributed by atoms with Gasteiger partial charge in [0.25, 0.3) is 0 Å². The molecule has 0 fully saturated rings. The van der Waals surface area contributed by atoms with Gasteiger partial charge in [0, 0.05) is 6.42 Å². The number of hydrogen-bond donors (Lipinski definition) is 1. The van der Waals surface area contributed by atoms with Gasteiger partial charge in [0.2, 0.25) is 0 Å². The van der Waals surface area contributed by atoms with Gasteiger partial charge >= 0.3 is 0 Å². The summed E-state index contributed by atoms with van der Waals surface area (Å²) in [5.74, 6) is 0. The lowest BCUT2D eigenvalue weighted by atomic mass is 10.0. The molecule has 1 N–H and O–H groups in total. The maximum absolute atomic E-state index is 9.85. The van der Waals surface area contributed by atoms with Crippen LogP contribution in [0.15, 0.2) is 53.3 Å². The average Bonchev–Trinajstić information content (AvgIpc) is 2.72. The van der Waals surface area contributed by atoms with Gasteiger partial charge in [-0.2, -0.15) is 0 Å². The summed E-state index contributed by atoms with van der Waals surface area (Å²) in [5.41, 5.74) is 1.95. The third-order valence-electron chi connectivity index (χ3n) is 2.19. The van der Waals surface area contributed by atoms with Crippen molar-refractivity contribution in [1.29, 1.82) is 0 Å². The summed E-state index contributed by atoms with van der Waals surface area (Å²) in [6.45, 7) is 0. The number of benzene rings is 1. The van der Waals surface area contributed by atoms with Crippen LogP contribution in [0.2, 0.25) is 0 Å². The van der Waals surface area contributed by atoms with Crippen LogP contribution in [0.4, 0.5) is 0 Å². The molecule has 14 heavy (non-hydrogen) atoms. The second-order valence-electron chi connectivity index (χ2n) is 3.26. The maximum Gasteiger partial charge on any atom is 0.0935 e. The normalized spacial score (nSPS) is 12.6. The Hall–Kier alpha value is -1.54. The summed E-state index contributed by atoms with van der Waals surface area (Å²) in [6, 6.07) is 11.5. The maximum atomic E-state index is 9.85. The number of furan rings is 1. The lowest BCUT2D eigenvalue weighted by Crippen LogP contribution is -2.00. The minimum absolute atomic E-state index is 0.450. The molecule has 0 amide bonds. The Labute approximate surface area is 82.8 Å². The second kappa shape index (κ2) is 4.11. The number of hydrogen-bond acceptors (Lipinski definition) is 2. The molecule has 1 aromatic heterocycles. The topological polar surface area (TPSA) is 33.4 Å². The van der Waals surface area contributed by atoms with E-state index in [0.717, 1.165) is 11.1 Å². The lowest BCUT2D eigenvalue weighted by molar-refractivity contribution is 0.178. The van der Waals surface area contributed by atoms with Crippen molar-refractivity contribution in [2.24, 2.45) is 0 Å². The molecular formula is C12H12O2. The molecule has 0 saturated carbocycles. The van der Waals surface area contributed by atoms with Crippen molar-refractivity contribution in [3.05, 3.63) is 60.1 Å². The van der Waals surface area contributed by atoms with E-state index in [2.05, 4.69) is 0 Å². The van der Waals surface area contributed by atoms with E-state index in [-0.39, 0.29) is 0 Å². The molecule has 0 radical (unpaired) electrons. The summed E-state index contributed by atoms with van der Waals surface area (Å²) in [6.07, 6.45) is 3.42. The van der Waals surface area contributed by atoms with Crippen LogP contribution in [0.25, 0.3) is 0 Å². The molecule has 1 atom stereocenters.